The van der Waals surface area contributed by atoms with Crippen LogP contribution in [0.25, 0.3) is 0 Å². The number of hydrogen-bond donors (Lipinski definition) is 2. The van der Waals surface area contributed by atoms with E-state index in [2.05, 4.69) is 22.9 Å². The van der Waals surface area contributed by atoms with Gasteiger partial charge in [-0.3, -0.25) is 4.79 Å². The zero-order valence-corrected chi connectivity index (χ0v) is 11.9. The van der Waals surface area contributed by atoms with Crippen LogP contribution in [-0.4, -0.2) is 35.0 Å². The minimum atomic E-state index is -0.157. The van der Waals surface area contributed by atoms with Gasteiger partial charge in [0.15, 0.2) is 0 Å². The van der Waals surface area contributed by atoms with Crippen molar-refractivity contribution in [3.05, 3.63) is 28.2 Å². The number of carbonyl (C=O) groups is 1. The van der Waals surface area contributed by atoms with Crippen molar-refractivity contribution < 1.29 is 9.90 Å². The van der Waals surface area contributed by atoms with Crippen molar-refractivity contribution in [1.29, 1.82) is 0 Å². The molecule has 0 bridgehead atoms. The average Bonchev–Trinajstić information content (AvgIpc) is 2.30. The van der Waals surface area contributed by atoms with Crippen LogP contribution in [0.1, 0.15) is 23.7 Å². The number of amides is 1. The van der Waals surface area contributed by atoms with Crippen molar-refractivity contribution in [3.63, 3.8) is 0 Å². The average molecular weight is 313 g/mol. The first-order valence-corrected chi connectivity index (χ1v) is 6.80. The van der Waals surface area contributed by atoms with Gasteiger partial charge >= 0.3 is 0 Å². The highest BCUT2D eigenvalue weighted by Gasteiger charge is 2.27. The van der Waals surface area contributed by atoms with Gasteiger partial charge in [-0.15, -0.1) is 0 Å². The number of piperidine rings is 1. The number of rotatable bonds is 1. The number of likely N-dealkylation sites (tertiary alicyclic amines) is 1. The first-order chi connectivity index (χ1) is 8.47. The summed E-state index contributed by atoms with van der Waals surface area (Å²) in [6.45, 7) is 3.33. The second-order valence-corrected chi connectivity index (χ2v) is 5.89. The third-order valence-corrected chi connectivity index (χ3v) is 3.66. The predicted molar refractivity (Wildman–Crippen MR) is 73.5 cm³/mol. The second kappa shape index (κ2) is 5.28. The molecule has 1 heterocycles. The monoisotopic (exact) mass is 312 g/mol. The molecule has 1 aromatic carbocycles. The summed E-state index contributed by atoms with van der Waals surface area (Å²) >= 11 is 3.31. The molecule has 5 heteroatoms. The normalized spacial score (nSPS) is 24.1. The Morgan fingerprint density at radius 2 is 2.22 bits per heavy atom. The second-order valence-electron chi connectivity index (χ2n) is 4.97. The van der Waals surface area contributed by atoms with Gasteiger partial charge in [-0.05, 0) is 30.5 Å². The Balaban J connectivity index is 2.22. The Labute approximate surface area is 115 Å². The summed E-state index contributed by atoms with van der Waals surface area (Å²) in [6.07, 6.45) is 0.939. The molecule has 1 amide bonds. The lowest BCUT2D eigenvalue weighted by molar-refractivity contribution is 0.0658. The van der Waals surface area contributed by atoms with E-state index in [4.69, 9.17) is 5.73 Å². The van der Waals surface area contributed by atoms with E-state index in [0.717, 1.165) is 10.9 Å². The number of carbonyl (C=O) groups excluding carboxylic acids is 1. The molecule has 1 fully saturated rings. The van der Waals surface area contributed by atoms with Crippen LogP contribution >= 0.6 is 15.9 Å². The fraction of sp³-hybridized carbons (Fsp3) is 0.462. The van der Waals surface area contributed by atoms with Crippen LogP contribution in [0, 0.1) is 5.92 Å². The Hall–Kier alpha value is -1.07. The maximum atomic E-state index is 12.4. The van der Waals surface area contributed by atoms with Crippen molar-refractivity contribution in [2.24, 2.45) is 11.7 Å². The van der Waals surface area contributed by atoms with Crippen LogP contribution in [0.4, 0.5) is 0 Å². The van der Waals surface area contributed by atoms with Gasteiger partial charge in [-0.2, -0.15) is 0 Å². The summed E-state index contributed by atoms with van der Waals surface area (Å²) < 4.78 is 0.776. The molecule has 1 saturated heterocycles. The molecule has 0 aliphatic carbocycles. The molecule has 2 unspecified atom stereocenters. The summed E-state index contributed by atoms with van der Waals surface area (Å²) in [7, 11) is 0. The number of nitrogens with zero attached hydrogens (tertiary/aromatic N) is 1. The summed E-state index contributed by atoms with van der Waals surface area (Å²) in [4.78, 5) is 14.1. The van der Waals surface area contributed by atoms with Gasteiger partial charge in [0.05, 0.1) is 5.56 Å². The van der Waals surface area contributed by atoms with Gasteiger partial charge in [0, 0.05) is 23.6 Å². The molecule has 0 saturated carbocycles. The molecule has 2 atom stereocenters. The Bertz CT molecular complexity index is 454. The number of benzene rings is 1. The molecule has 3 N–H and O–H groups in total. The molecule has 1 aliphatic heterocycles. The van der Waals surface area contributed by atoms with Crippen LogP contribution in [0.15, 0.2) is 22.7 Å². The standard InChI is InChI=1S/C13H17BrN2O2/c1-8-4-10(15)7-16(6-8)13(18)11-5-9(14)2-3-12(11)17/h2-3,5,8,10,17H,4,6-7,15H2,1H3. The van der Waals surface area contributed by atoms with E-state index in [1.807, 2.05) is 0 Å². The molecule has 0 radical (unpaired) electrons. The van der Waals surface area contributed by atoms with Crippen LogP contribution in [-0.2, 0) is 0 Å². The summed E-state index contributed by atoms with van der Waals surface area (Å²) in [6, 6.07) is 4.89. The smallest absolute Gasteiger partial charge is 0.257 e. The van der Waals surface area contributed by atoms with Gasteiger partial charge in [0.25, 0.3) is 5.91 Å². The summed E-state index contributed by atoms with van der Waals surface area (Å²) in [5.41, 5.74) is 6.26. The van der Waals surface area contributed by atoms with E-state index in [0.29, 0.717) is 24.6 Å². The maximum absolute atomic E-state index is 12.4. The molecule has 0 aromatic heterocycles. The topological polar surface area (TPSA) is 66.6 Å². The lowest BCUT2D eigenvalue weighted by Gasteiger charge is -2.35. The predicted octanol–water partition coefficient (Wildman–Crippen LogP) is 1.96. The van der Waals surface area contributed by atoms with Crippen molar-refractivity contribution in [2.45, 2.75) is 19.4 Å². The zero-order valence-electron chi connectivity index (χ0n) is 10.3. The molecule has 1 aromatic rings. The quantitative estimate of drug-likeness (QED) is 0.833. The van der Waals surface area contributed by atoms with Gasteiger partial charge < -0.3 is 15.7 Å². The summed E-state index contributed by atoms with van der Waals surface area (Å²) in [5, 5.41) is 9.77. The first-order valence-electron chi connectivity index (χ1n) is 6.00. The van der Waals surface area contributed by atoms with E-state index in [1.165, 1.54) is 6.07 Å². The maximum Gasteiger partial charge on any atom is 0.257 e. The van der Waals surface area contributed by atoms with E-state index < -0.39 is 0 Å². The van der Waals surface area contributed by atoms with Crippen molar-refractivity contribution in [1.82, 2.24) is 4.90 Å². The number of halogens is 1. The number of hydrogen-bond acceptors (Lipinski definition) is 3. The largest absolute Gasteiger partial charge is 0.507 e. The third kappa shape index (κ3) is 2.84. The van der Waals surface area contributed by atoms with E-state index in [9.17, 15) is 9.90 Å². The first kappa shape index (κ1) is 13.4. The van der Waals surface area contributed by atoms with Gasteiger partial charge in [0.1, 0.15) is 5.75 Å². The van der Waals surface area contributed by atoms with Crippen molar-refractivity contribution in [2.75, 3.05) is 13.1 Å². The van der Waals surface area contributed by atoms with Crippen LogP contribution in [0.5, 0.6) is 5.75 Å². The lowest BCUT2D eigenvalue weighted by Crippen LogP contribution is -2.48. The highest BCUT2D eigenvalue weighted by molar-refractivity contribution is 9.10. The minimum absolute atomic E-state index is 0.00926. The molecule has 4 nitrogen and oxygen atoms in total. The third-order valence-electron chi connectivity index (χ3n) is 3.17. The number of nitrogens with two attached hydrogens (primary N) is 1. The molecule has 18 heavy (non-hydrogen) atoms. The molecule has 98 valence electrons. The summed E-state index contributed by atoms with van der Waals surface area (Å²) in [5.74, 6) is 0.248. The zero-order chi connectivity index (χ0) is 13.3. The number of phenolic OH excluding ortho intramolecular Hbond substituents is 1. The number of aromatic hydroxyl groups is 1. The van der Waals surface area contributed by atoms with Gasteiger partial charge in [0.2, 0.25) is 0 Å². The highest BCUT2D eigenvalue weighted by Crippen LogP contribution is 2.25. The molecular weight excluding hydrogens is 296 g/mol. The SMILES string of the molecule is CC1CC(N)CN(C(=O)c2cc(Br)ccc2O)C1. The van der Waals surface area contributed by atoms with Crippen LogP contribution in [0.2, 0.25) is 0 Å². The molecular formula is C13H17BrN2O2. The highest BCUT2D eigenvalue weighted by atomic mass is 79.9. The fourth-order valence-electron chi connectivity index (χ4n) is 2.42. The van der Waals surface area contributed by atoms with E-state index in [-0.39, 0.29) is 17.7 Å². The fourth-order valence-corrected chi connectivity index (χ4v) is 2.78. The molecule has 1 aliphatic rings. The molecule has 2 rings (SSSR count). The van der Waals surface area contributed by atoms with Gasteiger partial charge in [-0.1, -0.05) is 22.9 Å². The van der Waals surface area contributed by atoms with Crippen LogP contribution in [0.3, 0.4) is 0 Å². The Morgan fingerprint density at radius 1 is 1.50 bits per heavy atom. The molecule has 0 spiro atoms. The Morgan fingerprint density at radius 3 is 2.89 bits per heavy atom. The van der Waals surface area contributed by atoms with E-state index in [1.54, 1.807) is 17.0 Å². The van der Waals surface area contributed by atoms with Crippen molar-refractivity contribution in [3.8, 4) is 5.75 Å². The van der Waals surface area contributed by atoms with Gasteiger partial charge in [-0.25, -0.2) is 0 Å². The lowest BCUT2D eigenvalue weighted by atomic mass is 9.96. The van der Waals surface area contributed by atoms with E-state index >= 15 is 0 Å². The number of phenols is 1. The van der Waals surface area contributed by atoms with Crippen molar-refractivity contribution >= 4 is 21.8 Å². The van der Waals surface area contributed by atoms with Crippen LogP contribution < -0.4 is 5.73 Å². The minimum Gasteiger partial charge on any atom is -0.507 e. The Kier molecular flexibility index (Phi) is 3.92.